The van der Waals surface area contributed by atoms with Crippen molar-refractivity contribution in [3.8, 4) is 0 Å². The molecule has 0 radical (unpaired) electrons. The first-order valence-electron chi connectivity index (χ1n) is 7.00. The van der Waals surface area contributed by atoms with E-state index in [1.807, 2.05) is 0 Å². The zero-order chi connectivity index (χ0) is 13.1. The second-order valence-corrected chi connectivity index (χ2v) is 6.26. The van der Waals surface area contributed by atoms with E-state index in [1.54, 1.807) is 0 Å². The van der Waals surface area contributed by atoms with Crippen molar-refractivity contribution in [1.29, 1.82) is 0 Å². The third-order valence-electron chi connectivity index (χ3n) is 3.87. The van der Waals surface area contributed by atoms with E-state index in [9.17, 15) is 0 Å². The highest BCUT2D eigenvalue weighted by Crippen LogP contribution is 2.30. The number of nitrogens with two attached hydrogens (primary N) is 1. The molecular weight excluding hydrogens is 212 g/mol. The molecule has 0 aromatic rings. The average molecular weight is 242 g/mol. The standard InChI is InChI=1S/C14H30N2O/c1-6-11-10-17-9-8-16(11)13(12(15)7-2)14(3,4)5/h11-13H,6-10,15H2,1-5H3. The van der Waals surface area contributed by atoms with E-state index in [0.717, 1.165) is 32.6 Å². The SMILES string of the molecule is CCC(N)C(N1CCOCC1CC)C(C)(C)C. The molecule has 3 nitrogen and oxygen atoms in total. The normalized spacial score (nSPS) is 26.8. The number of hydrogen-bond acceptors (Lipinski definition) is 3. The summed E-state index contributed by atoms with van der Waals surface area (Å²) in [4.78, 5) is 2.59. The minimum atomic E-state index is 0.222. The molecule has 0 saturated carbocycles. The Kier molecular flexibility index (Phi) is 5.42. The molecule has 0 aliphatic carbocycles. The van der Waals surface area contributed by atoms with E-state index in [-0.39, 0.29) is 11.5 Å². The van der Waals surface area contributed by atoms with Crippen molar-refractivity contribution in [3.63, 3.8) is 0 Å². The van der Waals surface area contributed by atoms with Gasteiger partial charge in [0.2, 0.25) is 0 Å². The molecule has 102 valence electrons. The molecule has 1 heterocycles. The summed E-state index contributed by atoms with van der Waals surface area (Å²) >= 11 is 0. The second-order valence-electron chi connectivity index (χ2n) is 6.26. The molecule has 0 bridgehead atoms. The molecule has 0 aromatic heterocycles. The lowest BCUT2D eigenvalue weighted by Gasteiger charge is -2.48. The molecule has 17 heavy (non-hydrogen) atoms. The summed E-state index contributed by atoms with van der Waals surface area (Å²) in [5.74, 6) is 0. The average Bonchev–Trinajstić information content (AvgIpc) is 2.28. The smallest absolute Gasteiger partial charge is 0.0622 e. The molecule has 1 rings (SSSR count). The molecule has 3 unspecified atom stereocenters. The number of hydrogen-bond donors (Lipinski definition) is 1. The van der Waals surface area contributed by atoms with Gasteiger partial charge in [-0.3, -0.25) is 4.90 Å². The monoisotopic (exact) mass is 242 g/mol. The van der Waals surface area contributed by atoms with Crippen LogP contribution in [0.1, 0.15) is 47.5 Å². The van der Waals surface area contributed by atoms with Gasteiger partial charge in [0.05, 0.1) is 13.2 Å². The molecule has 0 spiro atoms. The zero-order valence-corrected chi connectivity index (χ0v) is 12.2. The Morgan fingerprint density at radius 2 is 2.00 bits per heavy atom. The Morgan fingerprint density at radius 3 is 2.47 bits per heavy atom. The third kappa shape index (κ3) is 3.67. The summed E-state index contributed by atoms with van der Waals surface area (Å²) in [6.45, 7) is 14.1. The Bertz CT molecular complexity index is 225. The predicted molar refractivity (Wildman–Crippen MR) is 73.1 cm³/mol. The van der Waals surface area contributed by atoms with Crippen LogP contribution in [0.25, 0.3) is 0 Å². The van der Waals surface area contributed by atoms with Crippen molar-refractivity contribution in [1.82, 2.24) is 4.90 Å². The molecule has 1 aliphatic heterocycles. The van der Waals surface area contributed by atoms with Gasteiger partial charge in [-0.15, -0.1) is 0 Å². The van der Waals surface area contributed by atoms with Crippen LogP contribution in [0.15, 0.2) is 0 Å². The van der Waals surface area contributed by atoms with Gasteiger partial charge < -0.3 is 10.5 Å². The summed E-state index contributed by atoms with van der Waals surface area (Å²) < 4.78 is 5.60. The lowest BCUT2D eigenvalue weighted by molar-refractivity contribution is -0.0604. The highest BCUT2D eigenvalue weighted by molar-refractivity contribution is 4.94. The van der Waals surface area contributed by atoms with Crippen molar-refractivity contribution >= 4 is 0 Å². The lowest BCUT2D eigenvalue weighted by atomic mass is 9.79. The van der Waals surface area contributed by atoms with Crippen LogP contribution in [-0.2, 0) is 4.74 Å². The van der Waals surface area contributed by atoms with Crippen LogP contribution in [0.5, 0.6) is 0 Å². The molecule has 0 amide bonds. The van der Waals surface area contributed by atoms with Crippen LogP contribution < -0.4 is 5.73 Å². The van der Waals surface area contributed by atoms with Crippen molar-refractivity contribution in [3.05, 3.63) is 0 Å². The maximum absolute atomic E-state index is 6.37. The summed E-state index contributed by atoms with van der Waals surface area (Å²) in [5.41, 5.74) is 6.59. The first kappa shape index (κ1) is 14.9. The number of ether oxygens (including phenoxy) is 1. The molecule has 1 aliphatic rings. The van der Waals surface area contributed by atoms with Crippen LogP contribution in [0, 0.1) is 5.41 Å². The fourth-order valence-electron chi connectivity index (χ4n) is 3.00. The number of morpholine rings is 1. The third-order valence-corrected chi connectivity index (χ3v) is 3.87. The molecule has 3 atom stereocenters. The Hall–Kier alpha value is -0.120. The molecule has 1 saturated heterocycles. The Balaban J connectivity index is 2.87. The molecular formula is C14H30N2O. The minimum absolute atomic E-state index is 0.222. The van der Waals surface area contributed by atoms with E-state index >= 15 is 0 Å². The van der Waals surface area contributed by atoms with Gasteiger partial charge in [0.1, 0.15) is 0 Å². The highest BCUT2D eigenvalue weighted by Gasteiger charge is 2.38. The van der Waals surface area contributed by atoms with E-state index < -0.39 is 0 Å². The summed E-state index contributed by atoms with van der Waals surface area (Å²) in [6, 6.07) is 1.23. The predicted octanol–water partition coefficient (Wildman–Crippen LogP) is 2.25. The second kappa shape index (κ2) is 6.17. The van der Waals surface area contributed by atoms with Crippen LogP contribution in [0.4, 0.5) is 0 Å². The fourth-order valence-corrected chi connectivity index (χ4v) is 3.00. The van der Waals surface area contributed by atoms with Crippen LogP contribution in [0.2, 0.25) is 0 Å². The topological polar surface area (TPSA) is 38.5 Å². The summed E-state index contributed by atoms with van der Waals surface area (Å²) in [6.07, 6.45) is 2.18. The summed E-state index contributed by atoms with van der Waals surface area (Å²) in [7, 11) is 0. The van der Waals surface area contributed by atoms with Gasteiger partial charge in [-0.25, -0.2) is 0 Å². The maximum Gasteiger partial charge on any atom is 0.0622 e. The van der Waals surface area contributed by atoms with Crippen LogP contribution in [0.3, 0.4) is 0 Å². The largest absolute Gasteiger partial charge is 0.378 e. The quantitative estimate of drug-likeness (QED) is 0.822. The first-order valence-corrected chi connectivity index (χ1v) is 7.00. The molecule has 0 aromatic carbocycles. The highest BCUT2D eigenvalue weighted by atomic mass is 16.5. The van der Waals surface area contributed by atoms with Crippen molar-refractivity contribution in [2.24, 2.45) is 11.1 Å². The lowest BCUT2D eigenvalue weighted by Crippen LogP contribution is -2.61. The summed E-state index contributed by atoms with van der Waals surface area (Å²) in [5, 5.41) is 0. The van der Waals surface area contributed by atoms with Crippen molar-refractivity contribution in [2.45, 2.75) is 65.6 Å². The van der Waals surface area contributed by atoms with Gasteiger partial charge >= 0.3 is 0 Å². The number of nitrogens with zero attached hydrogens (tertiary/aromatic N) is 1. The molecule has 2 N–H and O–H groups in total. The van der Waals surface area contributed by atoms with Crippen LogP contribution >= 0.6 is 0 Å². The van der Waals surface area contributed by atoms with E-state index in [2.05, 4.69) is 39.5 Å². The molecule has 3 heteroatoms. The van der Waals surface area contributed by atoms with Gasteiger partial charge in [0.15, 0.2) is 0 Å². The van der Waals surface area contributed by atoms with E-state index in [0.29, 0.717) is 12.1 Å². The van der Waals surface area contributed by atoms with Gasteiger partial charge in [-0.05, 0) is 18.3 Å². The van der Waals surface area contributed by atoms with Gasteiger partial charge in [-0.2, -0.15) is 0 Å². The zero-order valence-electron chi connectivity index (χ0n) is 12.2. The van der Waals surface area contributed by atoms with Gasteiger partial charge in [0, 0.05) is 24.7 Å². The maximum atomic E-state index is 6.37. The van der Waals surface area contributed by atoms with E-state index in [1.165, 1.54) is 0 Å². The van der Waals surface area contributed by atoms with Gasteiger partial charge in [-0.1, -0.05) is 34.6 Å². The Labute approximate surface area is 107 Å². The fraction of sp³-hybridized carbons (Fsp3) is 1.00. The van der Waals surface area contributed by atoms with Crippen LogP contribution in [-0.4, -0.2) is 42.8 Å². The van der Waals surface area contributed by atoms with E-state index in [4.69, 9.17) is 10.5 Å². The van der Waals surface area contributed by atoms with Crippen molar-refractivity contribution < 1.29 is 4.74 Å². The number of rotatable bonds is 4. The molecule has 1 fully saturated rings. The van der Waals surface area contributed by atoms with Gasteiger partial charge in [0.25, 0.3) is 0 Å². The minimum Gasteiger partial charge on any atom is -0.378 e. The Morgan fingerprint density at radius 1 is 1.35 bits per heavy atom. The first-order chi connectivity index (χ1) is 7.91. The van der Waals surface area contributed by atoms with Crippen molar-refractivity contribution in [2.75, 3.05) is 19.8 Å².